The van der Waals surface area contributed by atoms with E-state index in [0.717, 1.165) is 6.07 Å². The Kier molecular flexibility index (Phi) is 4.22. The highest BCUT2D eigenvalue weighted by Crippen LogP contribution is 2.27. The van der Waals surface area contributed by atoms with Gasteiger partial charge in [-0.05, 0) is 29.8 Å². The van der Waals surface area contributed by atoms with Crippen molar-refractivity contribution in [3.63, 3.8) is 0 Å². The lowest BCUT2D eigenvalue weighted by Crippen LogP contribution is -2.01. The third-order valence-corrected chi connectivity index (χ3v) is 2.91. The Hall–Kier alpha value is -1.81. The normalized spacial score (nSPS) is 10.3. The fourth-order valence-electron chi connectivity index (χ4n) is 1.68. The number of ether oxygens (including phenoxy) is 1. The monoisotopic (exact) mass is 283 g/mol. The summed E-state index contributed by atoms with van der Waals surface area (Å²) >= 11 is 6.02. The molecule has 0 saturated heterocycles. The van der Waals surface area contributed by atoms with Crippen molar-refractivity contribution in [3.05, 3.63) is 58.6 Å². The van der Waals surface area contributed by atoms with E-state index in [1.54, 1.807) is 25.3 Å². The lowest BCUT2D eigenvalue weighted by molar-refractivity contribution is 0.415. The van der Waals surface area contributed by atoms with Crippen LogP contribution in [0.1, 0.15) is 5.56 Å². The van der Waals surface area contributed by atoms with Crippen LogP contribution in [0.15, 0.2) is 36.4 Å². The third-order valence-electron chi connectivity index (χ3n) is 2.58. The van der Waals surface area contributed by atoms with Gasteiger partial charge in [0, 0.05) is 18.7 Å². The molecule has 0 bridgehead atoms. The number of anilines is 1. The molecule has 0 saturated carbocycles. The molecule has 2 nitrogen and oxygen atoms in total. The molecule has 0 aliphatic rings. The van der Waals surface area contributed by atoms with Crippen LogP contribution in [0.5, 0.6) is 5.75 Å². The molecule has 0 aliphatic carbocycles. The molecule has 0 aliphatic heterocycles. The third kappa shape index (κ3) is 3.58. The van der Waals surface area contributed by atoms with Crippen molar-refractivity contribution in [1.82, 2.24) is 0 Å². The van der Waals surface area contributed by atoms with Gasteiger partial charge < -0.3 is 10.1 Å². The average molecular weight is 284 g/mol. The zero-order valence-electron chi connectivity index (χ0n) is 10.2. The van der Waals surface area contributed by atoms with E-state index in [2.05, 4.69) is 5.32 Å². The van der Waals surface area contributed by atoms with Gasteiger partial charge >= 0.3 is 0 Å². The zero-order valence-corrected chi connectivity index (χ0v) is 11.0. The molecule has 0 fully saturated rings. The van der Waals surface area contributed by atoms with Crippen LogP contribution in [0.3, 0.4) is 0 Å². The summed E-state index contributed by atoms with van der Waals surface area (Å²) in [5.41, 5.74) is 1.14. The summed E-state index contributed by atoms with van der Waals surface area (Å²) in [4.78, 5) is 0. The van der Waals surface area contributed by atoms with Crippen molar-refractivity contribution in [1.29, 1.82) is 0 Å². The van der Waals surface area contributed by atoms with Crippen LogP contribution in [0.25, 0.3) is 0 Å². The van der Waals surface area contributed by atoms with Crippen LogP contribution < -0.4 is 10.1 Å². The Bertz CT molecular complexity index is 569. The van der Waals surface area contributed by atoms with Gasteiger partial charge in [0.25, 0.3) is 0 Å². The van der Waals surface area contributed by atoms with Crippen LogP contribution in [0.4, 0.5) is 14.5 Å². The van der Waals surface area contributed by atoms with E-state index in [4.69, 9.17) is 16.3 Å². The van der Waals surface area contributed by atoms with E-state index >= 15 is 0 Å². The second kappa shape index (κ2) is 5.89. The smallest absolute Gasteiger partial charge is 0.126 e. The number of hydrogen-bond donors (Lipinski definition) is 1. The summed E-state index contributed by atoms with van der Waals surface area (Å²) < 4.78 is 31.2. The van der Waals surface area contributed by atoms with Crippen molar-refractivity contribution in [2.45, 2.75) is 6.54 Å². The van der Waals surface area contributed by atoms with Crippen LogP contribution in [-0.2, 0) is 6.54 Å². The first-order valence-electron chi connectivity index (χ1n) is 5.61. The van der Waals surface area contributed by atoms with E-state index in [9.17, 15) is 8.78 Å². The summed E-state index contributed by atoms with van der Waals surface area (Å²) in [6, 6.07) is 8.51. The molecule has 0 spiro atoms. The van der Waals surface area contributed by atoms with Crippen LogP contribution in [0, 0.1) is 11.6 Å². The molecule has 0 heterocycles. The molecule has 1 N–H and O–H groups in total. The van der Waals surface area contributed by atoms with Gasteiger partial charge in [-0.2, -0.15) is 0 Å². The minimum Gasteiger partial charge on any atom is -0.497 e. The minimum atomic E-state index is -0.603. The Morgan fingerprint density at radius 1 is 1.11 bits per heavy atom. The Morgan fingerprint density at radius 3 is 2.42 bits per heavy atom. The molecule has 2 rings (SSSR count). The number of rotatable bonds is 4. The molecule has 2 aromatic carbocycles. The largest absolute Gasteiger partial charge is 0.497 e. The molecular weight excluding hydrogens is 272 g/mol. The minimum absolute atomic E-state index is 0.265. The first kappa shape index (κ1) is 13.6. The second-order valence-electron chi connectivity index (χ2n) is 3.98. The van der Waals surface area contributed by atoms with Gasteiger partial charge in [-0.3, -0.25) is 0 Å². The fraction of sp³-hybridized carbons (Fsp3) is 0.143. The van der Waals surface area contributed by atoms with Gasteiger partial charge in [0.1, 0.15) is 17.4 Å². The van der Waals surface area contributed by atoms with Crippen LogP contribution >= 0.6 is 11.6 Å². The highest BCUT2D eigenvalue weighted by Gasteiger charge is 2.04. The SMILES string of the molecule is COc1ccc(Cl)c(NCc2cc(F)cc(F)c2)c1. The molecule has 5 heteroatoms. The molecular formula is C14H12ClF2NO. The number of nitrogens with one attached hydrogen (secondary N) is 1. The molecule has 0 radical (unpaired) electrons. The van der Waals surface area contributed by atoms with E-state index in [1.807, 2.05) is 0 Å². The summed E-state index contributed by atoms with van der Waals surface area (Å²) in [6.07, 6.45) is 0. The maximum atomic E-state index is 13.0. The average Bonchev–Trinajstić information content (AvgIpc) is 2.37. The molecule has 2 aromatic rings. The van der Waals surface area contributed by atoms with Gasteiger partial charge in [-0.25, -0.2) is 8.78 Å². The van der Waals surface area contributed by atoms with Crippen molar-refractivity contribution >= 4 is 17.3 Å². The Labute approximate surface area is 115 Å². The number of benzene rings is 2. The van der Waals surface area contributed by atoms with Gasteiger partial charge in [0.05, 0.1) is 17.8 Å². The van der Waals surface area contributed by atoms with E-state index in [0.29, 0.717) is 22.0 Å². The molecule has 0 amide bonds. The summed E-state index contributed by atoms with van der Waals surface area (Å²) in [6.45, 7) is 0.265. The number of halogens is 3. The molecule has 0 atom stereocenters. The van der Waals surface area contributed by atoms with Crippen molar-refractivity contribution in [3.8, 4) is 5.75 Å². The van der Waals surface area contributed by atoms with Crippen LogP contribution in [0.2, 0.25) is 5.02 Å². The first-order valence-corrected chi connectivity index (χ1v) is 5.98. The Morgan fingerprint density at radius 2 is 1.79 bits per heavy atom. The summed E-state index contributed by atoms with van der Waals surface area (Å²) in [7, 11) is 1.55. The van der Waals surface area contributed by atoms with Gasteiger partial charge in [-0.1, -0.05) is 11.6 Å². The molecule has 19 heavy (non-hydrogen) atoms. The predicted octanol–water partition coefficient (Wildman–Crippen LogP) is 4.24. The quantitative estimate of drug-likeness (QED) is 0.906. The van der Waals surface area contributed by atoms with Crippen LogP contribution in [-0.4, -0.2) is 7.11 Å². The molecule has 100 valence electrons. The maximum absolute atomic E-state index is 13.0. The van der Waals surface area contributed by atoms with E-state index < -0.39 is 11.6 Å². The van der Waals surface area contributed by atoms with E-state index in [-0.39, 0.29) is 6.54 Å². The van der Waals surface area contributed by atoms with E-state index in [1.165, 1.54) is 12.1 Å². The number of hydrogen-bond acceptors (Lipinski definition) is 2. The van der Waals surface area contributed by atoms with Crippen molar-refractivity contribution in [2.24, 2.45) is 0 Å². The standard InChI is InChI=1S/C14H12ClF2NO/c1-19-12-2-3-13(15)14(7-12)18-8-9-4-10(16)6-11(17)5-9/h2-7,18H,8H2,1H3. The highest BCUT2D eigenvalue weighted by atomic mass is 35.5. The lowest BCUT2D eigenvalue weighted by atomic mass is 10.2. The van der Waals surface area contributed by atoms with Crippen molar-refractivity contribution in [2.75, 3.05) is 12.4 Å². The zero-order chi connectivity index (χ0) is 13.8. The topological polar surface area (TPSA) is 21.3 Å². The van der Waals surface area contributed by atoms with Gasteiger partial charge in [0.15, 0.2) is 0 Å². The lowest BCUT2D eigenvalue weighted by Gasteiger charge is -2.10. The molecule has 0 unspecified atom stereocenters. The Balaban J connectivity index is 2.13. The first-order chi connectivity index (χ1) is 9.08. The maximum Gasteiger partial charge on any atom is 0.126 e. The van der Waals surface area contributed by atoms with Crippen molar-refractivity contribution < 1.29 is 13.5 Å². The van der Waals surface area contributed by atoms with Gasteiger partial charge in [0.2, 0.25) is 0 Å². The highest BCUT2D eigenvalue weighted by molar-refractivity contribution is 6.33. The fourth-order valence-corrected chi connectivity index (χ4v) is 1.86. The number of methoxy groups -OCH3 is 1. The summed E-state index contributed by atoms with van der Waals surface area (Å²) in [5.74, 6) is -0.556. The second-order valence-corrected chi connectivity index (χ2v) is 4.38. The van der Waals surface area contributed by atoms with Gasteiger partial charge in [-0.15, -0.1) is 0 Å². The summed E-state index contributed by atoms with van der Waals surface area (Å²) in [5, 5.41) is 3.52. The molecule has 0 aromatic heterocycles. The predicted molar refractivity (Wildman–Crippen MR) is 71.7 cm³/mol.